The summed E-state index contributed by atoms with van der Waals surface area (Å²) >= 11 is 0. The van der Waals surface area contributed by atoms with Crippen molar-refractivity contribution in [3.05, 3.63) is 59.9 Å². The number of unbranched alkanes of at least 4 members (excludes halogenated alkanes) is 1. The molecule has 2 aromatic rings. The molecule has 0 aromatic heterocycles. The van der Waals surface area contributed by atoms with E-state index in [-0.39, 0.29) is 11.6 Å². The third-order valence-corrected chi connectivity index (χ3v) is 3.14. The summed E-state index contributed by atoms with van der Waals surface area (Å²) in [4.78, 5) is 11.8. The lowest BCUT2D eigenvalue weighted by Gasteiger charge is -2.04. The van der Waals surface area contributed by atoms with Crippen LogP contribution in [0, 0.1) is 5.82 Å². The maximum Gasteiger partial charge on any atom is 0.162 e. The Kier molecular flexibility index (Phi) is 4.45. The smallest absolute Gasteiger partial charge is 0.162 e. The molecule has 0 heterocycles. The summed E-state index contributed by atoms with van der Waals surface area (Å²) in [6, 6.07) is 13.9. The lowest BCUT2D eigenvalue weighted by Crippen LogP contribution is -1.98. The highest BCUT2D eigenvalue weighted by Crippen LogP contribution is 2.20. The summed E-state index contributed by atoms with van der Waals surface area (Å²) in [5.74, 6) is -0.0531. The summed E-state index contributed by atoms with van der Waals surface area (Å²) in [6.07, 6.45) is 2.56. The maximum absolute atomic E-state index is 12.8. The molecular weight excluding hydrogens is 239 g/mol. The molecule has 19 heavy (non-hydrogen) atoms. The zero-order valence-corrected chi connectivity index (χ0v) is 11.0. The number of hydrogen-bond donors (Lipinski definition) is 0. The van der Waals surface area contributed by atoms with Gasteiger partial charge in [0.15, 0.2) is 5.78 Å². The van der Waals surface area contributed by atoms with Crippen molar-refractivity contribution in [2.24, 2.45) is 0 Å². The highest BCUT2D eigenvalue weighted by Gasteiger charge is 2.05. The van der Waals surface area contributed by atoms with E-state index in [1.165, 1.54) is 12.1 Å². The Balaban J connectivity index is 2.14. The van der Waals surface area contributed by atoms with Gasteiger partial charge in [0, 0.05) is 12.0 Å². The fourth-order valence-electron chi connectivity index (χ4n) is 1.97. The highest BCUT2D eigenvalue weighted by molar-refractivity contribution is 5.96. The maximum atomic E-state index is 12.8. The van der Waals surface area contributed by atoms with Crippen LogP contribution < -0.4 is 0 Å². The zero-order valence-electron chi connectivity index (χ0n) is 11.0. The molecule has 0 saturated heterocycles. The second kappa shape index (κ2) is 6.28. The van der Waals surface area contributed by atoms with E-state index >= 15 is 0 Å². The Morgan fingerprint density at radius 3 is 2.00 bits per heavy atom. The number of benzene rings is 2. The van der Waals surface area contributed by atoms with Gasteiger partial charge in [-0.2, -0.15) is 0 Å². The number of Topliss-reactive ketones (excluding diaryl/α,β-unsaturated/α-hetero) is 1. The number of carbonyl (C=O) groups excluding carboxylic acids is 1. The van der Waals surface area contributed by atoms with Gasteiger partial charge in [0.2, 0.25) is 0 Å². The molecule has 0 radical (unpaired) electrons. The molecule has 0 spiro atoms. The molecule has 1 nitrogen and oxygen atoms in total. The SMILES string of the molecule is CCCCC(=O)c1ccc(-c2ccc(F)cc2)cc1. The first kappa shape index (κ1) is 13.5. The first-order chi connectivity index (χ1) is 9.20. The lowest BCUT2D eigenvalue weighted by atomic mass is 10.0. The van der Waals surface area contributed by atoms with Gasteiger partial charge in [-0.15, -0.1) is 0 Å². The van der Waals surface area contributed by atoms with Crippen molar-refractivity contribution in [2.75, 3.05) is 0 Å². The fourth-order valence-corrected chi connectivity index (χ4v) is 1.97. The molecule has 2 rings (SSSR count). The van der Waals surface area contributed by atoms with Crippen molar-refractivity contribution >= 4 is 5.78 Å². The minimum Gasteiger partial charge on any atom is -0.294 e. The molecule has 0 aliphatic rings. The summed E-state index contributed by atoms with van der Waals surface area (Å²) in [6.45, 7) is 2.07. The van der Waals surface area contributed by atoms with Crippen molar-refractivity contribution in [1.29, 1.82) is 0 Å². The predicted octanol–water partition coefficient (Wildman–Crippen LogP) is 4.87. The lowest BCUT2D eigenvalue weighted by molar-refractivity contribution is 0.0980. The van der Waals surface area contributed by atoms with Gasteiger partial charge in [-0.1, -0.05) is 49.7 Å². The third-order valence-electron chi connectivity index (χ3n) is 3.14. The molecule has 0 saturated carbocycles. The van der Waals surface area contributed by atoms with Gasteiger partial charge >= 0.3 is 0 Å². The van der Waals surface area contributed by atoms with Gasteiger partial charge in [0.25, 0.3) is 0 Å². The predicted molar refractivity (Wildman–Crippen MR) is 75.7 cm³/mol. The third kappa shape index (κ3) is 3.50. The van der Waals surface area contributed by atoms with Crippen LogP contribution in [0.5, 0.6) is 0 Å². The summed E-state index contributed by atoms with van der Waals surface area (Å²) in [5, 5.41) is 0. The average molecular weight is 256 g/mol. The second-order valence-electron chi connectivity index (χ2n) is 4.61. The first-order valence-corrected chi connectivity index (χ1v) is 6.60. The fraction of sp³-hybridized carbons (Fsp3) is 0.235. The number of halogens is 1. The van der Waals surface area contributed by atoms with Crippen LogP contribution in [-0.2, 0) is 0 Å². The minimum atomic E-state index is -0.241. The largest absolute Gasteiger partial charge is 0.294 e. The standard InChI is InChI=1S/C17H17FO/c1-2-3-4-17(19)15-7-5-13(6-8-15)14-9-11-16(18)12-10-14/h5-12H,2-4H2,1H3. The van der Waals surface area contributed by atoms with Crippen LogP contribution in [0.2, 0.25) is 0 Å². The van der Waals surface area contributed by atoms with Crippen LogP contribution in [0.1, 0.15) is 36.5 Å². The molecule has 0 aliphatic carbocycles. The monoisotopic (exact) mass is 256 g/mol. The van der Waals surface area contributed by atoms with Gasteiger partial charge in [0.05, 0.1) is 0 Å². The Hall–Kier alpha value is -1.96. The molecule has 0 atom stereocenters. The molecule has 0 aliphatic heterocycles. The van der Waals surface area contributed by atoms with Crippen LogP contribution in [0.3, 0.4) is 0 Å². The van der Waals surface area contributed by atoms with Gasteiger partial charge in [-0.3, -0.25) is 4.79 Å². The van der Waals surface area contributed by atoms with Crippen molar-refractivity contribution in [3.8, 4) is 11.1 Å². The number of ketones is 1. The Morgan fingerprint density at radius 1 is 0.947 bits per heavy atom. The molecule has 2 heteroatoms. The molecule has 0 bridgehead atoms. The van der Waals surface area contributed by atoms with E-state index in [2.05, 4.69) is 6.92 Å². The average Bonchev–Trinajstić information content (AvgIpc) is 2.46. The van der Waals surface area contributed by atoms with Crippen molar-refractivity contribution in [2.45, 2.75) is 26.2 Å². The summed E-state index contributed by atoms with van der Waals surface area (Å²) < 4.78 is 12.8. The molecule has 0 fully saturated rings. The second-order valence-corrected chi connectivity index (χ2v) is 4.61. The Labute approximate surface area is 113 Å². The van der Waals surface area contributed by atoms with E-state index in [0.717, 1.165) is 29.5 Å². The van der Waals surface area contributed by atoms with Gasteiger partial charge in [0.1, 0.15) is 5.82 Å². The van der Waals surface area contributed by atoms with Crippen molar-refractivity contribution in [1.82, 2.24) is 0 Å². The van der Waals surface area contributed by atoms with E-state index in [1.807, 2.05) is 24.3 Å². The Morgan fingerprint density at radius 2 is 1.47 bits per heavy atom. The molecule has 0 amide bonds. The van der Waals surface area contributed by atoms with E-state index in [1.54, 1.807) is 12.1 Å². The molecule has 2 aromatic carbocycles. The van der Waals surface area contributed by atoms with Crippen LogP contribution in [0.4, 0.5) is 4.39 Å². The van der Waals surface area contributed by atoms with Crippen molar-refractivity contribution < 1.29 is 9.18 Å². The summed E-state index contributed by atoms with van der Waals surface area (Å²) in [7, 11) is 0. The van der Waals surface area contributed by atoms with Crippen LogP contribution >= 0.6 is 0 Å². The van der Waals surface area contributed by atoms with Gasteiger partial charge in [-0.05, 0) is 29.7 Å². The minimum absolute atomic E-state index is 0.188. The molecule has 98 valence electrons. The van der Waals surface area contributed by atoms with E-state index < -0.39 is 0 Å². The molecule has 0 N–H and O–H groups in total. The van der Waals surface area contributed by atoms with Gasteiger partial charge < -0.3 is 0 Å². The zero-order chi connectivity index (χ0) is 13.7. The number of carbonyl (C=O) groups is 1. The molecular formula is C17H17FO. The summed E-state index contributed by atoms with van der Waals surface area (Å²) in [5.41, 5.74) is 2.69. The number of rotatable bonds is 5. The quantitative estimate of drug-likeness (QED) is 0.698. The van der Waals surface area contributed by atoms with E-state index in [0.29, 0.717) is 6.42 Å². The van der Waals surface area contributed by atoms with E-state index in [9.17, 15) is 9.18 Å². The normalized spacial score (nSPS) is 10.4. The van der Waals surface area contributed by atoms with Crippen LogP contribution in [0.25, 0.3) is 11.1 Å². The van der Waals surface area contributed by atoms with E-state index in [4.69, 9.17) is 0 Å². The highest BCUT2D eigenvalue weighted by atomic mass is 19.1. The Bertz CT molecular complexity index is 540. The molecule has 0 unspecified atom stereocenters. The van der Waals surface area contributed by atoms with Crippen LogP contribution in [-0.4, -0.2) is 5.78 Å². The topological polar surface area (TPSA) is 17.1 Å². The number of hydrogen-bond acceptors (Lipinski definition) is 1. The van der Waals surface area contributed by atoms with Crippen LogP contribution in [0.15, 0.2) is 48.5 Å². The first-order valence-electron chi connectivity index (χ1n) is 6.60. The van der Waals surface area contributed by atoms with Crippen molar-refractivity contribution in [3.63, 3.8) is 0 Å². The van der Waals surface area contributed by atoms with Gasteiger partial charge in [-0.25, -0.2) is 4.39 Å².